The quantitative estimate of drug-likeness (QED) is 0.745. The van der Waals surface area contributed by atoms with Gasteiger partial charge in [-0.2, -0.15) is 0 Å². The molecule has 0 aliphatic carbocycles. The maximum Gasteiger partial charge on any atom is 0.241 e. The van der Waals surface area contributed by atoms with Crippen LogP contribution in [0.25, 0.3) is 0 Å². The Morgan fingerprint density at radius 2 is 1.78 bits per heavy atom. The van der Waals surface area contributed by atoms with Crippen LogP contribution < -0.4 is 19.1 Å². The number of nitrogens with zero attached hydrogens (tertiary/aromatic N) is 1. The highest BCUT2D eigenvalue weighted by atomic mass is 32.2. The average Bonchev–Trinajstić information content (AvgIpc) is 2.65. The van der Waals surface area contributed by atoms with Crippen molar-refractivity contribution in [1.82, 2.24) is 5.32 Å². The van der Waals surface area contributed by atoms with Crippen molar-refractivity contribution in [3.8, 4) is 11.5 Å². The summed E-state index contributed by atoms with van der Waals surface area (Å²) < 4.78 is 35.9. The highest BCUT2D eigenvalue weighted by Crippen LogP contribution is 2.29. The number of anilines is 1. The average molecular weight is 392 g/mol. The molecule has 0 fully saturated rings. The van der Waals surface area contributed by atoms with E-state index in [-0.39, 0.29) is 6.54 Å². The third-order valence-corrected chi connectivity index (χ3v) is 5.15. The Labute approximate surface area is 160 Å². The van der Waals surface area contributed by atoms with E-state index >= 15 is 0 Å². The van der Waals surface area contributed by atoms with Crippen LogP contribution in [0.1, 0.15) is 18.5 Å². The normalized spacial score (nSPS) is 12.1. The Kier molecular flexibility index (Phi) is 6.68. The van der Waals surface area contributed by atoms with E-state index in [1.807, 2.05) is 0 Å². The summed E-state index contributed by atoms with van der Waals surface area (Å²) in [7, 11) is -0.513. The predicted molar refractivity (Wildman–Crippen MR) is 105 cm³/mol. The Hall–Kier alpha value is -2.74. The first-order valence-corrected chi connectivity index (χ1v) is 10.1. The van der Waals surface area contributed by atoms with Gasteiger partial charge in [0.05, 0.1) is 32.2 Å². The van der Waals surface area contributed by atoms with Crippen LogP contribution in [0, 0.1) is 0 Å². The minimum Gasteiger partial charge on any atom is -0.497 e. The molecule has 8 heteroatoms. The van der Waals surface area contributed by atoms with E-state index < -0.39 is 22.0 Å². The molecule has 0 radical (unpaired) electrons. The van der Waals surface area contributed by atoms with Gasteiger partial charge in [-0.25, -0.2) is 8.42 Å². The molecule has 0 saturated carbocycles. The molecule has 0 saturated heterocycles. The lowest BCUT2D eigenvalue weighted by Crippen LogP contribution is -2.41. The number of nitrogens with one attached hydrogen (secondary N) is 1. The van der Waals surface area contributed by atoms with Crippen LogP contribution in [0.5, 0.6) is 11.5 Å². The summed E-state index contributed by atoms with van der Waals surface area (Å²) in [6.45, 7) is 1.47. The molecule has 0 heterocycles. The minimum atomic E-state index is -3.61. The van der Waals surface area contributed by atoms with Crippen LogP contribution in [0.2, 0.25) is 0 Å². The largest absolute Gasteiger partial charge is 0.497 e. The van der Waals surface area contributed by atoms with Gasteiger partial charge in [0.15, 0.2) is 0 Å². The predicted octanol–water partition coefficient (Wildman–Crippen LogP) is 2.35. The summed E-state index contributed by atoms with van der Waals surface area (Å²) in [4.78, 5) is 12.5. The number of hydrogen-bond acceptors (Lipinski definition) is 5. The molecule has 0 spiro atoms. The fraction of sp³-hybridized carbons (Fsp3) is 0.316. The van der Waals surface area contributed by atoms with Crippen LogP contribution in [0.4, 0.5) is 5.69 Å². The van der Waals surface area contributed by atoms with Gasteiger partial charge in [-0.05, 0) is 37.3 Å². The lowest BCUT2D eigenvalue weighted by Gasteiger charge is -2.24. The second kappa shape index (κ2) is 8.77. The molecule has 0 aliphatic heterocycles. The first-order valence-electron chi connectivity index (χ1n) is 8.30. The van der Waals surface area contributed by atoms with Crippen molar-refractivity contribution in [1.29, 1.82) is 0 Å². The number of hydrogen-bond donors (Lipinski definition) is 1. The van der Waals surface area contributed by atoms with Gasteiger partial charge in [0, 0.05) is 5.56 Å². The highest BCUT2D eigenvalue weighted by molar-refractivity contribution is 7.92. The topological polar surface area (TPSA) is 84.9 Å². The Bertz CT molecular complexity index is 884. The maximum atomic E-state index is 12.5. The zero-order chi connectivity index (χ0) is 20.0. The van der Waals surface area contributed by atoms with E-state index in [1.165, 1.54) is 0 Å². The van der Waals surface area contributed by atoms with E-state index in [2.05, 4.69) is 5.32 Å². The highest BCUT2D eigenvalue weighted by Gasteiger charge is 2.22. The first kappa shape index (κ1) is 20.6. The van der Waals surface area contributed by atoms with Crippen molar-refractivity contribution in [3.63, 3.8) is 0 Å². The standard InChI is InChI=1S/C19H24N2O5S/c1-14(17-12-16(25-2)10-11-18(17)26-3)20-19(22)13-21(27(4,23)24)15-8-6-5-7-9-15/h5-12,14H,13H2,1-4H3,(H,20,22). The number of amides is 1. The summed E-state index contributed by atoms with van der Waals surface area (Å²) in [5.41, 5.74) is 1.16. The van der Waals surface area contributed by atoms with Gasteiger partial charge in [0.25, 0.3) is 0 Å². The maximum absolute atomic E-state index is 12.5. The molecule has 2 aromatic rings. The zero-order valence-electron chi connectivity index (χ0n) is 15.8. The van der Waals surface area contributed by atoms with E-state index in [0.29, 0.717) is 17.2 Å². The summed E-state index contributed by atoms with van der Waals surface area (Å²) in [5, 5.41) is 2.81. The van der Waals surface area contributed by atoms with Crippen molar-refractivity contribution < 1.29 is 22.7 Å². The minimum absolute atomic E-state index is 0.320. The summed E-state index contributed by atoms with van der Waals surface area (Å²) in [6, 6.07) is 13.4. The summed E-state index contributed by atoms with van der Waals surface area (Å²) in [5.74, 6) is 0.808. The second-order valence-corrected chi connectivity index (χ2v) is 7.91. The Balaban J connectivity index is 2.18. The van der Waals surface area contributed by atoms with Crippen molar-refractivity contribution >= 4 is 21.6 Å². The summed E-state index contributed by atoms with van der Waals surface area (Å²) >= 11 is 0. The lowest BCUT2D eigenvalue weighted by molar-refractivity contribution is -0.120. The van der Waals surface area contributed by atoms with Crippen LogP contribution in [-0.2, 0) is 14.8 Å². The first-order chi connectivity index (χ1) is 12.8. The molecule has 7 nitrogen and oxygen atoms in total. The lowest BCUT2D eigenvalue weighted by atomic mass is 10.1. The van der Waals surface area contributed by atoms with Crippen molar-refractivity contribution in [2.24, 2.45) is 0 Å². The molecule has 1 atom stereocenters. The van der Waals surface area contributed by atoms with Crippen molar-refractivity contribution in [2.75, 3.05) is 31.3 Å². The van der Waals surface area contributed by atoms with Gasteiger partial charge >= 0.3 is 0 Å². The van der Waals surface area contributed by atoms with Gasteiger partial charge in [-0.1, -0.05) is 18.2 Å². The van der Waals surface area contributed by atoms with Gasteiger partial charge in [-0.3, -0.25) is 9.10 Å². The SMILES string of the molecule is COc1ccc(OC)c(C(C)NC(=O)CN(c2ccccc2)S(C)(=O)=O)c1. The molecule has 146 valence electrons. The number of sulfonamides is 1. The van der Waals surface area contributed by atoms with Gasteiger partial charge in [0.1, 0.15) is 18.0 Å². The van der Waals surface area contributed by atoms with E-state index in [9.17, 15) is 13.2 Å². The fourth-order valence-corrected chi connectivity index (χ4v) is 3.52. The second-order valence-electron chi connectivity index (χ2n) is 6.00. The Morgan fingerprint density at radius 1 is 1.11 bits per heavy atom. The van der Waals surface area contributed by atoms with Crippen LogP contribution in [0.15, 0.2) is 48.5 Å². The molecule has 2 aromatic carbocycles. The van der Waals surface area contributed by atoms with Crippen LogP contribution in [-0.4, -0.2) is 41.3 Å². The molecule has 1 unspecified atom stereocenters. The van der Waals surface area contributed by atoms with Gasteiger partial charge in [0.2, 0.25) is 15.9 Å². The molecule has 2 rings (SSSR count). The molecular weight excluding hydrogens is 368 g/mol. The number of benzene rings is 2. The molecule has 0 aromatic heterocycles. The zero-order valence-corrected chi connectivity index (χ0v) is 16.6. The van der Waals surface area contributed by atoms with Crippen LogP contribution >= 0.6 is 0 Å². The fourth-order valence-electron chi connectivity index (χ4n) is 2.67. The third-order valence-electron chi connectivity index (χ3n) is 4.01. The monoisotopic (exact) mass is 392 g/mol. The number of ether oxygens (including phenoxy) is 2. The molecule has 1 amide bonds. The van der Waals surface area contributed by atoms with Gasteiger partial charge in [-0.15, -0.1) is 0 Å². The van der Waals surface area contributed by atoms with E-state index in [4.69, 9.17) is 9.47 Å². The van der Waals surface area contributed by atoms with Gasteiger partial charge < -0.3 is 14.8 Å². The van der Waals surface area contributed by atoms with Crippen molar-refractivity contribution in [3.05, 3.63) is 54.1 Å². The van der Waals surface area contributed by atoms with Crippen LogP contribution in [0.3, 0.4) is 0 Å². The number of para-hydroxylation sites is 1. The molecular formula is C19H24N2O5S. The number of carbonyl (C=O) groups excluding carboxylic acids is 1. The Morgan fingerprint density at radius 3 is 2.33 bits per heavy atom. The number of carbonyl (C=O) groups is 1. The smallest absolute Gasteiger partial charge is 0.241 e. The van der Waals surface area contributed by atoms with Crippen molar-refractivity contribution in [2.45, 2.75) is 13.0 Å². The van der Waals surface area contributed by atoms with E-state index in [1.54, 1.807) is 69.7 Å². The number of rotatable bonds is 8. The van der Waals surface area contributed by atoms with E-state index in [0.717, 1.165) is 16.1 Å². The third kappa shape index (κ3) is 5.37. The molecule has 0 aliphatic rings. The number of methoxy groups -OCH3 is 2. The molecule has 0 bridgehead atoms. The molecule has 1 N–H and O–H groups in total. The summed E-state index contributed by atoms with van der Waals surface area (Å²) in [6.07, 6.45) is 1.07. The molecule has 27 heavy (non-hydrogen) atoms.